The SMILES string of the molecule is N#Cc1cccc(-c2ccc(C3NC(n4c5ccccc5c5ccc6c7ccccc7oc6c54)Nc4ccccc43)cc2)c1. The number of rotatable bonds is 3. The minimum absolute atomic E-state index is 0.0527. The summed E-state index contributed by atoms with van der Waals surface area (Å²) in [7, 11) is 0. The fourth-order valence-corrected chi connectivity index (χ4v) is 6.90. The summed E-state index contributed by atoms with van der Waals surface area (Å²) in [5, 5.41) is 21.7. The quantitative estimate of drug-likeness (QED) is 0.224. The van der Waals surface area contributed by atoms with Gasteiger partial charge in [0.2, 0.25) is 0 Å². The molecule has 6 aromatic carbocycles. The summed E-state index contributed by atoms with van der Waals surface area (Å²) in [5.74, 6) is 0. The summed E-state index contributed by atoms with van der Waals surface area (Å²) < 4.78 is 8.94. The van der Waals surface area contributed by atoms with Gasteiger partial charge in [0.15, 0.2) is 11.9 Å². The van der Waals surface area contributed by atoms with Crippen LogP contribution in [0.15, 0.2) is 138 Å². The second kappa shape index (κ2) is 9.60. The van der Waals surface area contributed by atoms with Crippen LogP contribution in [0.25, 0.3) is 54.9 Å². The van der Waals surface area contributed by atoms with Crippen molar-refractivity contribution in [2.45, 2.75) is 12.3 Å². The fourth-order valence-electron chi connectivity index (χ4n) is 6.90. The van der Waals surface area contributed by atoms with Crippen molar-refractivity contribution in [2.75, 3.05) is 5.32 Å². The van der Waals surface area contributed by atoms with Gasteiger partial charge in [-0.2, -0.15) is 5.26 Å². The van der Waals surface area contributed by atoms with Crippen molar-refractivity contribution in [3.63, 3.8) is 0 Å². The number of benzene rings is 6. The maximum absolute atomic E-state index is 9.37. The highest BCUT2D eigenvalue weighted by molar-refractivity contribution is 6.20. The molecule has 0 amide bonds. The number of nitrogens with zero attached hydrogens (tertiary/aromatic N) is 2. The molecular weight excluding hydrogens is 540 g/mol. The third kappa shape index (κ3) is 3.69. The molecule has 2 N–H and O–H groups in total. The Morgan fingerprint density at radius 3 is 2.32 bits per heavy atom. The Bertz CT molecular complexity index is 2430. The summed E-state index contributed by atoms with van der Waals surface area (Å²) in [6.07, 6.45) is -0.247. The average molecular weight is 567 g/mol. The molecule has 1 aliphatic heterocycles. The van der Waals surface area contributed by atoms with Gasteiger partial charge in [0.05, 0.1) is 28.7 Å². The summed E-state index contributed by atoms with van der Waals surface area (Å²) in [4.78, 5) is 0. The first-order valence-electron chi connectivity index (χ1n) is 14.8. The molecule has 0 fully saturated rings. The molecule has 0 aliphatic carbocycles. The van der Waals surface area contributed by atoms with E-state index in [2.05, 4.69) is 118 Å². The molecule has 2 unspecified atom stereocenters. The average Bonchev–Trinajstić information content (AvgIpc) is 3.64. The smallest absolute Gasteiger partial charge is 0.160 e. The van der Waals surface area contributed by atoms with Gasteiger partial charge >= 0.3 is 0 Å². The van der Waals surface area contributed by atoms with Gasteiger partial charge in [-0.25, -0.2) is 0 Å². The van der Waals surface area contributed by atoms with E-state index in [-0.39, 0.29) is 12.3 Å². The Kier molecular flexibility index (Phi) is 5.40. The van der Waals surface area contributed by atoms with E-state index in [1.807, 2.05) is 36.4 Å². The maximum Gasteiger partial charge on any atom is 0.160 e. The van der Waals surface area contributed by atoms with Gasteiger partial charge < -0.3 is 14.3 Å². The van der Waals surface area contributed by atoms with Crippen molar-refractivity contribution in [1.29, 1.82) is 5.26 Å². The summed E-state index contributed by atoms with van der Waals surface area (Å²) in [6, 6.07) is 48.4. The molecule has 9 rings (SSSR count). The van der Waals surface area contributed by atoms with E-state index in [0.717, 1.165) is 55.2 Å². The predicted octanol–water partition coefficient (Wildman–Crippen LogP) is 9.49. The number of hydrogen-bond acceptors (Lipinski definition) is 4. The van der Waals surface area contributed by atoms with Crippen LogP contribution in [-0.4, -0.2) is 4.57 Å². The van der Waals surface area contributed by atoms with Gasteiger partial charge in [-0.1, -0.05) is 97.1 Å². The zero-order valence-corrected chi connectivity index (χ0v) is 23.7. The molecule has 3 heterocycles. The standard InChI is InChI=1S/C39H26N4O/c40-23-24-8-7-9-27(22-24)25-16-18-26(19-17-25)36-32-12-1-4-13-33(32)41-39(42-36)43-34-14-5-2-10-28(34)30-20-21-31-29-11-3-6-15-35(29)44-38(31)37(30)43/h1-22,36,39,41-42H. The molecule has 5 heteroatoms. The first kappa shape index (κ1) is 24.7. The van der Waals surface area contributed by atoms with Crippen LogP contribution in [-0.2, 0) is 0 Å². The van der Waals surface area contributed by atoms with Crippen molar-refractivity contribution in [1.82, 2.24) is 9.88 Å². The molecule has 1 aliphatic rings. The van der Waals surface area contributed by atoms with Gasteiger partial charge in [0.25, 0.3) is 0 Å². The largest absolute Gasteiger partial charge is 0.454 e. The maximum atomic E-state index is 9.37. The Morgan fingerprint density at radius 1 is 0.659 bits per heavy atom. The second-order valence-electron chi connectivity index (χ2n) is 11.4. The summed E-state index contributed by atoms with van der Waals surface area (Å²) in [6.45, 7) is 0. The lowest BCUT2D eigenvalue weighted by Crippen LogP contribution is -2.40. The van der Waals surface area contributed by atoms with Crippen LogP contribution < -0.4 is 10.6 Å². The molecule has 0 saturated heterocycles. The van der Waals surface area contributed by atoms with Crippen LogP contribution >= 0.6 is 0 Å². The number of hydrogen-bond donors (Lipinski definition) is 2. The lowest BCUT2D eigenvalue weighted by atomic mass is 9.93. The first-order valence-corrected chi connectivity index (χ1v) is 14.8. The molecule has 44 heavy (non-hydrogen) atoms. The highest BCUT2D eigenvalue weighted by Gasteiger charge is 2.30. The van der Waals surface area contributed by atoms with E-state index in [0.29, 0.717) is 5.56 Å². The van der Waals surface area contributed by atoms with Gasteiger partial charge in [-0.15, -0.1) is 0 Å². The zero-order chi connectivity index (χ0) is 29.2. The Balaban J connectivity index is 1.22. The minimum atomic E-state index is -0.247. The lowest BCUT2D eigenvalue weighted by molar-refractivity contribution is 0.416. The third-order valence-corrected chi connectivity index (χ3v) is 8.93. The van der Waals surface area contributed by atoms with Gasteiger partial charge in [0, 0.05) is 27.2 Å². The number of aromatic nitrogens is 1. The number of furan rings is 1. The van der Waals surface area contributed by atoms with Gasteiger partial charge in [0.1, 0.15) is 5.58 Å². The van der Waals surface area contributed by atoms with Crippen LogP contribution in [0.5, 0.6) is 0 Å². The van der Waals surface area contributed by atoms with E-state index >= 15 is 0 Å². The normalized spacial score (nSPS) is 16.2. The van der Waals surface area contributed by atoms with Crippen molar-refractivity contribution in [2.24, 2.45) is 0 Å². The van der Waals surface area contributed by atoms with Crippen LogP contribution in [0.3, 0.4) is 0 Å². The zero-order valence-electron chi connectivity index (χ0n) is 23.7. The number of nitrogens with one attached hydrogen (secondary N) is 2. The van der Waals surface area contributed by atoms with Crippen LogP contribution in [0.1, 0.15) is 29.0 Å². The molecule has 0 saturated carbocycles. The molecule has 0 bridgehead atoms. The van der Waals surface area contributed by atoms with E-state index in [1.165, 1.54) is 16.5 Å². The summed E-state index contributed by atoms with van der Waals surface area (Å²) >= 11 is 0. The molecule has 8 aromatic rings. The molecule has 0 spiro atoms. The Labute approximate surface area is 253 Å². The molecule has 0 radical (unpaired) electrons. The molecule has 5 nitrogen and oxygen atoms in total. The number of para-hydroxylation sites is 3. The van der Waals surface area contributed by atoms with E-state index in [4.69, 9.17) is 4.42 Å². The monoisotopic (exact) mass is 566 g/mol. The number of anilines is 1. The van der Waals surface area contributed by atoms with Crippen molar-refractivity contribution < 1.29 is 4.42 Å². The minimum Gasteiger partial charge on any atom is -0.454 e. The molecular formula is C39H26N4O. The Hall–Kier alpha value is -5.83. The van der Waals surface area contributed by atoms with E-state index in [1.54, 1.807) is 0 Å². The third-order valence-electron chi connectivity index (χ3n) is 8.93. The first-order chi connectivity index (χ1) is 21.8. The van der Waals surface area contributed by atoms with Gasteiger partial charge in [-0.05, 0) is 58.7 Å². The Morgan fingerprint density at radius 2 is 1.43 bits per heavy atom. The fraction of sp³-hybridized carbons (Fsp3) is 0.0513. The number of nitriles is 1. The molecule has 2 aromatic heterocycles. The highest BCUT2D eigenvalue weighted by atomic mass is 16.3. The van der Waals surface area contributed by atoms with E-state index < -0.39 is 0 Å². The predicted molar refractivity (Wildman–Crippen MR) is 177 cm³/mol. The highest BCUT2D eigenvalue weighted by Crippen LogP contribution is 2.42. The van der Waals surface area contributed by atoms with Crippen molar-refractivity contribution in [3.8, 4) is 17.2 Å². The van der Waals surface area contributed by atoms with Gasteiger partial charge in [-0.3, -0.25) is 5.32 Å². The van der Waals surface area contributed by atoms with E-state index in [9.17, 15) is 5.26 Å². The van der Waals surface area contributed by atoms with Crippen LogP contribution in [0, 0.1) is 11.3 Å². The summed E-state index contributed by atoms with van der Waals surface area (Å²) in [5.41, 5.74) is 10.2. The molecule has 208 valence electrons. The van der Waals surface area contributed by atoms with Crippen LogP contribution in [0.4, 0.5) is 5.69 Å². The topological polar surface area (TPSA) is 65.9 Å². The van der Waals surface area contributed by atoms with Crippen molar-refractivity contribution in [3.05, 3.63) is 150 Å². The van der Waals surface area contributed by atoms with Crippen molar-refractivity contribution >= 4 is 49.4 Å². The lowest BCUT2D eigenvalue weighted by Gasteiger charge is -2.36. The van der Waals surface area contributed by atoms with Crippen LogP contribution in [0.2, 0.25) is 0 Å². The second-order valence-corrected chi connectivity index (χ2v) is 11.4. The molecule has 2 atom stereocenters. The number of fused-ring (bicyclic) bond motifs is 8.